The van der Waals surface area contributed by atoms with Crippen molar-refractivity contribution in [3.05, 3.63) is 77.4 Å². The van der Waals surface area contributed by atoms with Crippen molar-refractivity contribution in [3.63, 3.8) is 0 Å². The summed E-state index contributed by atoms with van der Waals surface area (Å²) in [6, 6.07) is 20.0. The fourth-order valence-corrected chi connectivity index (χ4v) is 3.58. The Morgan fingerprint density at radius 3 is 2.56 bits per heavy atom. The lowest BCUT2D eigenvalue weighted by molar-refractivity contribution is -0.115. The average Bonchev–Trinajstić information content (AvgIpc) is 3.06. The number of carbonyl (C=O) groups excluding carboxylic acids is 1. The van der Waals surface area contributed by atoms with Gasteiger partial charge in [0.2, 0.25) is 5.91 Å². The van der Waals surface area contributed by atoms with Gasteiger partial charge in [0.25, 0.3) is 0 Å². The molecule has 3 aromatic rings. The number of rotatable bonds is 5. The Balaban J connectivity index is 1.52. The van der Waals surface area contributed by atoms with Gasteiger partial charge >= 0.3 is 0 Å². The number of methoxy groups -OCH3 is 2. The van der Waals surface area contributed by atoms with Crippen molar-refractivity contribution in [1.82, 2.24) is 0 Å². The van der Waals surface area contributed by atoms with Gasteiger partial charge in [0, 0.05) is 17.3 Å². The SMILES string of the molecule is COc1ccc(CC(=O)Nc2ccc3c(c2)-c2ccccc2C3)c(OC)c1. The Morgan fingerprint density at radius 2 is 1.74 bits per heavy atom. The Bertz CT molecular complexity index is 1010. The van der Waals surface area contributed by atoms with Crippen LogP contribution in [-0.2, 0) is 17.6 Å². The van der Waals surface area contributed by atoms with E-state index in [1.807, 2.05) is 18.2 Å². The Hall–Kier alpha value is -3.27. The Labute approximate surface area is 158 Å². The molecule has 0 atom stereocenters. The monoisotopic (exact) mass is 359 g/mol. The zero-order chi connectivity index (χ0) is 18.8. The number of nitrogens with one attached hydrogen (secondary N) is 1. The highest BCUT2D eigenvalue weighted by Crippen LogP contribution is 2.37. The summed E-state index contributed by atoms with van der Waals surface area (Å²) in [5.41, 5.74) is 6.71. The van der Waals surface area contributed by atoms with Gasteiger partial charge in [-0.15, -0.1) is 0 Å². The van der Waals surface area contributed by atoms with Gasteiger partial charge in [-0.2, -0.15) is 0 Å². The maximum Gasteiger partial charge on any atom is 0.228 e. The molecule has 0 fully saturated rings. The molecule has 3 aromatic carbocycles. The minimum atomic E-state index is -0.0790. The molecule has 0 unspecified atom stereocenters. The van der Waals surface area contributed by atoms with E-state index < -0.39 is 0 Å². The van der Waals surface area contributed by atoms with Gasteiger partial charge in [0.1, 0.15) is 11.5 Å². The van der Waals surface area contributed by atoms with Gasteiger partial charge in [-0.1, -0.05) is 36.4 Å². The number of hydrogen-bond donors (Lipinski definition) is 1. The number of benzene rings is 3. The van der Waals surface area contributed by atoms with Crippen LogP contribution in [0.3, 0.4) is 0 Å². The molecule has 4 rings (SSSR count). The molecule has 0 heterocycles. The van der Waals surface area contributed by atoms with E-state index in [4.69, 9.17) is 9.47 Å². The van der Waals surface area contributed by atoms with Gasteiger partial charge in [-0.3, -0.25) is 4.79 Å². The summed E-state index contributed by atoms with van der Waals surface area (Å²) in [6.45, 7) is 0. The summed E-state index contributed by atoms with van der Waals surface area (Å²) in [6.07, 6.45) is 1.18. The van der Waals surface area contributed by atoms with Crippen molar-refractivity contribution in [2.75, 3.05) is 19.5 Å². The highest BCUT2D eigenvalue weighted by atomic mass is 16.5. The quantitative estimate of drug-likeness (QED) is 0.572. The van der Waals surface area contributed by atoms with Crippen molar-refractivity contribution >= 4 is 11.6 Å². The van der Waals surface area contributed by atoms with E-state index in [0.29, 0.717) is 11.5 Å². The highest BCUT2D eigenvalue weighted by molar-refractivity contribution is 5.94. The summed E-state index contributed by atoms with van der Waals surface area (Å²) in [4.78, 5) is 12.6. The summed E-state index contributed by atoms with van der Waals surface area (Å²) >= 11 is 0. The van der Waals surface area contributed by atoms with Crippen molar-refractivity contribution < 1.29 is 14.3 Å². The van der Waals surface area contributed by atoms with Crippen molar-refractivity contribution in [2.24, 2.45) is 0 Å². The van der Waals surface area contributed by atoms with Crippen LogP contribution >= 0.6 is 0 Å². The molecule has 0 aromatic heterocycles. The van der Waals surface area contributed by atoms with Gasteiger partial charge in [0.15, 0.2) is 0 Å². The molecule has 136 valence electrons. The van der Waals surface area contributed by atoms with Crippen molar-refractivity contribution in [2.45, 2.75) is 12.8 Å². The lowest BCUT2D eigenvalue weighted by Crippen LogP contribution is -2.15. The summed E-state index contributed by atoms with van der Waals surface area (Å²) in [7, 11) is 3.20. The van der Waals surface area contributed by atoms with Gasteiger partial charge < -0.3 is 14.8 Å². The number of fused-ring (bicyclic) bond motifs is 3. The molecule has 0 radical (unpaired) electrons. The van der Waals surface area contributed by atoms with E-state index in [2.05, 4.69) is 41.7 Å². The predicted octanol–water partition coefficient (Wildman–Crippen LogP) is 4.46. The van der Waals surface area contributed by atoms with E-state index in [1.165, 1.54) is 22.3 Å². The first-order valence-corrected chi connectivity index (χ1v) is 8.90. The van der Waals surface area contributed by atoms with Crippen LogP contribution in [0.25, 0.3) is 11.1 Å². The van der Waals surface area contributed by atoms with Crippen LogP contribution in [-0.4, -0.2) is 20.1 Å². The molecule has 0 spiro atoms. The maximum absolute atomic E-state index is 12.6. The average molecular weight is 359 g/mol. The van der Waals surface area contributed by atoms with Crippen LogP contribution in [0.4, 0.5) is 5.69 Å². The fraction of sp³-hybridized carbons (Fsp3) is 0.174. The van der Waals surface area contributed by atoms with Gasteiger partial charge in [0.05, 0.1) is 20.6 Å². The van der Waals surface area contributed by atoms with E-state index in [1.54, 1.807) is 20.3 Å². The third-order valence-electron chi connectivity index (χ3n) is 4.93. The molecule has 0 saturated carbocycles. The molecule has 0 saturated heterocycles. The summed E-state index contributed by atoms with van der Waals surface area (Å²) in [5.74, 6) is 1.27. The third-order valence-corrected chi connectivity index (χ3v) is 4.93. The number of carbonyl (C=O) groups is 1. The first kappa shape index (κ1) is 17.2. The van der Waals surface area contributed by atoms with Crippen molar-refractivity contribution in [1.29, 1.82) is 0 Å². The molecule has 1 N–H and O–H groups in total. The first-order chi connectivity index (χ1) is 13.2. The topological polar surface area (TPSA) is 47.6 Å². The first-order valence-electron chi connectivity index (χ1n) is 8.90. The molecule has 4 nitrogen and oxygen atoms in total. The highest BCUT2D eigenvalue weighted by Gasteiger charge is 2.18. The minimum Gasteiger partial charge on any atom is -0.497 e. The second kappa shape index (κ2) is 7.16. The predicted molar refractivity (Wildman–Crippen MR) is 107 cm³/mol. The normalized spacial score (nSPS) is 11.5. The van der Waals surface area contributed by atoms with Crippen LogP contribution in [0.1, 0.15) is 16.7 Å². The number of anilines is 1. The molecule has 27 heavy (non-hydrogen) atoms. The van der Waals surface area contributed by atoms with E-state index >= 15 is 0 Å². The molecule has 0 aliphatic heterocycles. The van der Waals surface area contributed by atoms with Crippen LogP contribution in [0.2, 0.25) is 0 Å². The minimum absolute atomic E-state index is 0.0790. The molecule has 1 aliphatic rings. The number of hydrogen-bond acceptors (Lipinski definition) is 3. The summed E-state index contributed by atoms with van der Waals surface area (Å²) < 4.78 is 10.6. The van der Waals surface area contributed by atoms with E-state index in [-0.39, 0.29) is 12.3 Å². The standard InChI is InChI=1S/C23H21NO3/c1-26-19-10-8-17(22(14-19)27-2)12-23(25)24-18-9-7-16-11-15-5-3-4-6-20(15)21(16)13-18/h3-10,13-14H,11-12H2,1-2H3,(H,24,25). The largest absolute Gasteiger partial charge is 0.497 e. The summed E-state index contributed by atoms with van der Waals surface area (Å²) in [5, 5.41) is 3.01. The zero-order valence-corrected chi connectivity index (χ0v) is 15.4. The molecule has 4 heteroatoms. The van der Waals surface area contributed by atoms with Gasteiger partial charge in [-0.25, -0.2) is 0 Å². The number of ether oxygens (including phenoxy) is 2. The van der Waals surface area contributed by atoms with Crippen LogP contribution in [0, 0.1) is 0 Å². The lowest BCUT2D eigenvalue weighted by Gasteiger charge is -2.11. The Kier molecular flexibility index (Phi) is 4.55. The Morgan fingerprint density at radius 1 is 0.926 bits per heavy atom. The van der Waals surface area contributed by atoms with Crippen LogP contribution in [0.15, 0.2) is 60.7 Å². The van der Waals surface area contributed by atoms with Crippen LogP contribution < -0.4 is 14.8 Å². The molecular formula is C23H21NO3. The second-order valence-corrected chi connectivity index (χ2v) is 6.61. The third kappa shape index (κ3) is 3.38. The van der Waals surface area contributed by atoms with Crippen LogP contribution in [0.5, 0.6) is 11.5 Å². The van der Waals surface area contributed by atoms with Gasteiger partial charge in [-0.05, 0) is 46.9 Å². The second-order valence-electron chi connectivity index (χ2n) is 6.61. The van der Waals surface area contributed by atoms with Crippen molar-refractivity contribution in [3.8, 4) is 22.6 Å². The molecule has 1 amide bonds. The maximum atomic E-state index is 12.6. The molecule has 0 bridgehead atoms. The molecular weight excluding hydrogens is 338 g/mol. The zero-order valence-electron chi connectivity index (χ0n) is 15.4. The fourth-order valence-electron chi connectivity index (χ4n) is 3.58. The molecule has 1 aliphatic carbocycles. The smallest absolute Gasteiger partial charge is 0.228 e. The number of amides is 1. The van der Waals surface area contributed by atoms with E-state index in [9.17, 15) is 4.79 Å². The van der Waals surface area contributed by atoms with E-state index in [0.717, 1.165) is 17.7 Å². The lowest BCUT2D eigenvalue weighted by atomic mass is 10.0.